The zero-order chi connectivity index (χ0) is 12.3. The molecule has 0 unspecified atom stereocenters. The first-order valence-electron chi connectivity index (χ1n) is 5.18. The van der Waals surface area contributed by atoms with Crippen LogP contribution in [-0.2, 0) is 6.61 Å². The van der Waals surface area contributed by atoms with Gasteiger partial charge >= 0.3 is 0 Å². The van der Waals surface area contributed by atoms with Crippen LogP contribution >= 0.6 is 0 Å². The Balaban J connectivity index is 2.12. The van der Waals surface area contributed by atoms with Gasteiger partial charge in [0.1, 0.15) is 12.4 Å². The van der Waals surface area contributed by atoms with Crippen molar-refractivity contribution >= 4 is 5.82 Å². The minimum Gasteiger partial charge on any atom is -0.485 e. The molecule has 0 fully saturated rings. The van der Waals surface area contributed by atoms with E-state index >= 15 is 0 Å². The lowest BCUT2D eigenvalue weighted by Gasteiger charge is -2.09. The third kappa shape index (κ3) is 2.36. The molecule has 0 atom stereocenters. The molecule has 2 rings (SSSR count). The lowest BCUT2D eigenvalue weighted by molar-refractivity contribution is 0.302. The molecule has 17 heavy (non-hydrogen) atoms. The fraction of sp³-hybridized carbons (Fsp3) is 0.273. The number of pyridine rings is 1. The predicted octanol–water partition coefficient (Wildman–Crippen LogP) is 1.55. The summed E-state index contributed by atoms with van der Waals surface area (Å²) in [5.74, 6) is 7.19. The number of nitrogens with one attached hydrogen (secondary N) is 1. The summed E-state index contributed by atoms with van der Waals surface area (Å²) >= 11 is 0. The Morgan fingerprint density at radius 3 is 2.94 bits per heavy atom. The maximum Gasteiger partial charge on any atom is 0.182 e. The van der Waals surface area contributed by atoms with Gasteiger partial charge in [-0.25, -0.2) is 10.8 Å². The number of nitrogen functional groups attached to an aromatic ring is 1. The highest BCUT2D eigenvalue weighted by Gasteiger charge is 2.10. The average Bonchev–Trinajstić information content (AvgIpc) is 2.67. The first kappa shape index (κ1) is 11.4. The third-order valence-corrected chi connectivity index (χ3v) is 2.46. The highest BCUT2D eigenvalue weighted by atomic mass is 16.5. The number of nitrogens with zero attached hydrogens (tertiary/aromatic N) is 2. The first-order valence-corrected chi connectivity index (χ1v) is 5.18. The minimum absolute atomic E-state index is 0.377. The van der Waals surface area contributed by atoms with Gasteiger partial charge in [0.25, 0.3) is 0 Å². The van der Waals surface area contributed by atoms with Crippen LogP contribution < -0.4 is 16.0 Å². The summed E-state index contributed by atoms with van der Waals surface area (Å²) < 4.78 is 10.7. The van der Waals surface area contributed by atoms with Gasteiger partial charge in [-0.3, -0.25) is 0 Å². The highest BCUT2D eigenvalue weighted by molar-refractivity contribution is 5.48. The summed E-state index contributed by atoms with van der Waals surface area (Å²) in [7, 11) is 0. The van der Waals surface area contributed by atoms with Crippen molar-refractivity contribution in [3.63, 3.8) is 0 Å². The van der Waals surface area contributed by atoms with Crippen LogP contribution in [0.2, 0.25) is 0 Å². The standard InChI is InChI=1S/C11H14N4O2/c1-7-9(8(2)17-15-7)6-16-10-4-3-5-13-11(10)14-12/h3-5H,6,12H2,1-2H3,(H,13,14). The predicted molar refractivity (Wildman–Crippen MR) is 62.4 cm³/mol. The van der Waals surface area contributed by atoms with Gasteiger partial charge < -0.3 is 14.7 Å². The number of hydrogen-bond donors (Lipinski definition) is 2. The Kier molecular flexibility index (Phi) is 3.24. The molecule has 90 valence electrons. The molecule has 0 aliphatic rings. The number of ether oxygens (including phenoxy) is 1. The maximum atomic E-state index is 5.63. The quantitative estimate of drug-likeness (QED) is 0.616. The Labute approximate surface area is 98.7 Å². The number of rotatable bonds is 4. The molecule has 2 aromatic rings. The molecular formula is C11H14N4O2. The van der Waals surface area contributed by atoms with Gasteiger partial charge in [0.2, 0.25) is 0 Å². The number of anilines is 1. The van der Waals surface area contributed by atoms with E-state index in [1.165, 1.54) is 0 Å². The van der Waals surface area contributed by atoms with E-state index in [1.807, 2.05) is 13.8 Å². The van der Waals surface area contributed by atoms with Gasteiger partial charge in [-0.15, -0.1) is 0 Å². The Morgan fingerprint density at radius 1 is 1.47 bits per heavy atom. The lowest BCUT2D eigenvalue weighted by Crippen LogP contribution is -2.10. The number of nitrogens with two attached hydrogens (primary N) is 1. The Morgan fingerprint density at radius 2 is 2.29 bits per heavy atom. The SMILES string of the molecule is Cc1noc(C)c1COc1cccnc1NN. The molecule has 6 heteroatoms. The van der Waals surface area contributed by atoms with Crippen LogP contribution in [0.5, 0.6) is 5.75 Å². The second-order valence-corrected chi connectivity index (χ2v) is 3.59. The van der Waals surface area contributed by atoms with Crippen LogP contribution in [0, 0.1) is 13.8 Å². The molecule has 3 N–H and O–H groups in total. The summed E-state index contributed by atoms with van der Waals surface area (Å²) in [6, 6.07) is 3.57. The van der Waals surface area contributed by atoms with Crippen molar-refractivity contribution in [2.24, 2.45) is 5.84 Å². The van der Waals surface area contributed by atoms with E-state index in [9.17, 15) is 0 Å². The van der Waals surface area contributed by atoms with Crippen LogP contribution in [0.3, 0.4) is 0 Å². The summed E-state index contributed by atoms with van der Waals surface area (Å²) in [4.78, 5) is 4.04. The first-order chi connectivity index (χ1) is 8.22. The van der Waals surface area contributed by atoms with E-state index in [4.69, 9.17) is 15.1 Å². The average molecular weight is 234 g/mol. The topological polar surface area (TPSA) is 86.2 Å². The molecule has 0 aliphatic carbocycles. The van der Waals surface area contributed by atoms with Crippen LogP contribution in [-0.4, -0.2) is 10.1 Å². The number of hydrazine groups is 1. The second kappa shape index (κ2) is 4.84. The molecule has 0 radical (unpaired) electrons. The van der Waals surface area contributed by atoms with Gasteiger partial charge in [-0.2, -0.15) is 0 Å². The van der Waals surface area contributed by atoms with Crippen LogP contribution in [0.15, 0.2) is 22.9 Å². The van der Waals surface area contributed by atoms with E-state index in [-0.39, 0.29) is 0 Å². The van der Waals surface area contributed by atoms with E-state index in [2.05, 4.69) is 15.6 Å². The summed E-state index contributed by atoms with van der Waals surface area (Å²) in [6.07, 6.45) is 1.64. The summed E-state index contributed by atoms with van der Waals surface area (Å²) in [5.41, 5.74) is 4.25. The van der Waals surface area contributed by atoms with E-state index < -0.39 is 0 Å². The number of aromatic nitrogens is 2. The van der Waals surface area contributed by atoms with E-state index in [1.54, 1.807) is 18.3 Å². The highest BCUT2D eigenvalue weighted by Crippen LogP contribution is 2.22. The molecule has 0 aromatic carbocycles. The fourth-order valence-corrected chi connectivity index (χ4v) is 1.47. The van der Waals surface area contributed by atoms with Crippen molar-refractivity contribution in [2.45, 2.75) is 20.5 Å². The largest absolute Gasteiger partial charge is 0.485 e. The monoisotopic (exact) mass is 234 g/mol. The van der Waals surface area contributed by atoms with Crippen LogP contribution in [0.25, 0.3) is 0 Å². The van der Waals surface area contributed by atoms with Crippen LogP contribution in [0.1, 0.15) is 17.0 Å². The molecule has 0 saturated carbocycles. The van der Waals surface area contributed by atoms with Gasteiger partial charge in [0.15, 0.2) is 11.6 Å². The second-order valence-electron chi connectivity index (χ2n) is 3.59. The normalized spacial score (nSPS) is 10.3. The zero-order valence-electron chi connectivity index (χ0n) is 9.73. The third-order valence-electron chi connectivity index (χ3n) is 2.46. The van der Waals surface area contributed by atoms with Crippen molar-refractivity contribution < 1.29 is 9.26 Å². The smallest absolute Gasteiger partial charge is 0.182 e. The molecule has 2 aromatic heterocycles. The van der Waals surface area contributed by atoms with E-state index in [0.717, 1.165) is 17.0 Å². The molecule has 6 nitrogen and oxygen atoms in total. The Bertz CT molecular complexity index is 490. The van der Waals surface area contributed by atoms with Gasteiger partial charge in [0, 0.05) is 6.20 Å². The number of aryl methyl sites for hydroxylation is 2. The lowest BCUT2D eigenvalue weighted by atomic mass is 10.2. The van der Waals surface area contributed by atoms with Crippen molar-refractivity contribution in [3.8, 4) is 5.75 Å². The van der Waals surface area contributed by atoms with Crippen molar-refractivity contribution in [1.82, 2.24) is 10.1 Å². The molecule has 0 amide bonds. The number of hydrogen-bond acceptors (Lipinski definition) is 6. The molecular weight excluding hydrogens is 220 g/mol. The van der Waals surface area contributed by atoms with Gasteiger partial charge in [-0.1, -0.05) is 5.16 Å². The fourth-order valence-electron chi connectivity index (χ4n) is 1.47. The zero-order valence-corrected chi connectivity index (χ0v) is 9.73. The Hall–Kier alpha value is -2.08. The van der Waals surface area contributed by atoms with E-state index in [0.29, 0.717) is 18.2 Å². The van der Waals surface area contributed by atoms with Gasteiger partial charge in [0.05, 0.1) is 11.3 Å². The van der Waals surface area contributed by atoms with Crippen LogP contribution in [0.4, 0.5) is 5.82 Å². The molecule has 0 bridgehead atoms. The molecule has 2 heterocycles. The molecule has 0 spiro atoms. The van der Waals surface area contributed by atoms with Crippen molar-refractivity contribution in [1.29, 1.82) is 0 Å². The van der Waals surface area contributed by atoms with Crippen molar-refractivity contribution in [2.75, 3.05) is 5.43 Å². The minimum atomic E-state index is 0.377. The summed E-state index contributed by atoms with van der Waals surface area (Å²) in [5, 5.41) is 3.86. The van der Waals surface area contributed by atoms with Gasteiger partial charge in [-0.05, 0) is 26.0 Å². The van der Waals surface area contributed by atoms with Crippen molar-refractivity contribution in [3.05, 3.63) is 35.3 Å². The summed E-state index contributed by atoms with van der Waals surface area (Å²) in [6.45, 7) is 4.10. The molecule has 0 aliphatic heterocycles. The maximum absolute atomic E-state index is 5.63. The molecule has 0 saturated heterocycles.